The molecular formula is C16H22N2O3. The van der Waals surface area contributed by atoms with Crippen molar-refractivity contribution in [1.29, 1.82) is 0 Å². The first kappa shape index (κ1) is 14.2. The Kier molecular flexibility index (Phi) is 4.29. The SMILES string of the molecule is CCC(=O)N1CCOc2ccc(N3CCOCC3)cc2C1. The largest absolute Gasteiger partial charge is 0.491 e. The third-order valence-corrected chi connectivity index (χ3v) is 4.06. The fraction of sp³-hybridized carbons (Fsp3) is 0.562. The van der Waals surface area contributed by atoms with Crippen LogP contribution in [0.3, 0.4) is 0 Å². The Hall–Kier alpha value is -1.75. The molecule has 21 heavy (non-hydrogen) atoms. The molecule has 0 bridgehead atoms. The van der Waals surface area contributed by atoms with E-state index in [4.69, 9.17) is 9.47 Å². The summed E-state index contributed by atoms with van der Waals surface area (Å²) in [5.74, 6) is 1.08. The second-order valence-electron chi connectivity index (χ2n) is 5.41. The average Bonchev–Trinajstić information content (AvgIpc) is 2.76. The molecule has 2 aliphatic heterocycles. The molecule has 0 aromatic heterocycles. The van der Waals surface area contributed by atoms with Crippen molar-refractivity contribution in [3.63, 3.8) is 0 Å². The molecule has 2 heterocycles. The molecule has 0 atom stereocenters. The van der Waals surface area contributed by atoms with Gasteiger partial charge in [0.1, 0.15) is 12.4 Å². The number of fused-ring (bicyclic) bond motifs is 1. The maximum atomic E-state index is 12.0. The van der Waals surface area contributed by atoms with Crippen LogP contribution in [0.2, 0.25) is 0 Å². The summed E-state index contributed by atoms with van der Waals surface area (Å²) in [5, 5.41) is 0. The van der Waals surface area contributed by atoms with Gasteiger partial charge in [-0.25, -0.2) is 0 Å². The topological polar surface area (TPSA) is 42.0 Å². The number of anilines is 1. The number of benzene rings is 1. The van der Waals surface area contributed by atoms with Crippen molar-refractivity contribution in [1.82, 2.24) is 4.90 Å². The predicted molar refractivity (Wildman–Crippen MR) is 80.7 cm³/mol. The Bertz CT molecular complexity index is 512. The van der Waals surface area contributed by atoms with Crippen LogP contribution >= 0.6 is 0 Å². The summed E-state index contributed by atoms with van der Waals surface area (Å²) < 4.78 is 11.2. The van der Waals surface area contributed by atoms with Gasteiger partial charge >= 0.3 is 0 Å². The lowest BCUT2D eigenvalue weighted by Crippen LogP contribution is -2.36. The van der Waals surface area contributed by atoms with Gasteiger partial charge in [0.05, 0.1) is 19.8 Å². The Labute approximate surface area is 125 Å². The first-order chi connectivity index (χ1) is 10.3. The summed E-state index contributed by atoms with van der Waals surface area (Å²) >= 11 is 0. The first-order valence-electron chi connectivity index (χ1n) is 7.64. The lowest BCUT2D eigenvalue weighted by molar-refractivity contribution is -0.131. The van der Waals surface area contributed by atoms with Gasteiger partial charge in [0, 0.05) is 37.3 Å². The van der Waals surface area contributed by atoms with Crippen molar-refractivity contribution in [2.75, 3.05) is 44.4 Å². The summed E-state index contributed by atoms with van der Waals surface area (Å²) in [6, 6.07) is 6.28. The fourth-order valence-corrected chi connectivity index (χ4v) is 2.84. The molecule has 3 rings (SSSR count). The van der Waals surface area contributed by atoms with Gasteiger partial charge in [-0.05, 0) is 18.2 Å². The Morgan fingerprint density at radius 3 is 2.76 bits per heavy atom. The molecule has 114 valence electrons. The summed E-state index contributed by atoms with van der Waals surface area (Å²) in [7, 11) is 0. The Morgan fingerprint density at radius 2 is 2.00 bits per heavy atom. The van der Waals surface area contributed by atoms with Gasteiger partial charge in [0.15, 0.2) is 0 Å². The summed E-state index contributed by atoms with van der Waals surface area (Å²) in [6.07, 6.45) is 0.540. The van der Waals surface area contributed by atoms with E-state index in [1.165, 1.54) is 5.69 Å². The first-order valence-corrected chi connectivity index (χ1v) is 7.64. The van der Waals surface area contributed by atoms with Gasteiger partial charge in [-0.15, -0.1) is 0 Å². The lowest BCUT2D eigenvalue weighted by Gasteiger charge is -2.29. The van der Waals surface area contributed by atoms with Crippen LogP contribution in [0.5, 0.6) is 5.75 Å². The zero-order valence-corrected chi connectivity index (χ0v) is 12.5. The number of carbonyl (C=O) groups is 1. The molecule has 0 saturated carbocycles. The molecule has 1 aromatic rings. The molecule has 5 nitrogen and oxygen atoms in total. The van der Waals surface area contributed by atoms with Gasteiger partial charge in [-0.2, -0.15) is 0 Å². The van der Waals surface area contributed by atoms with Crippen molar-refractivity contribution in [2.24, 2.45) is 0 Å². The van der Waals surface area contributed by atoms with Crippen LogP contribution < -0.4 is 9.64 Å². The standard InChI is InChI=1S/C16H22N2O3/c1-2-16(19)18-7-10-21-15-4-3-14(11-13(15)12-18)17-5-8-20-9-6-17/h3-4,11H,2,5-10,12H2,1H3. The maximum absolute atomic E-state index is 12.0. The highest BCUT2D eigenvalue weighted by atomic mass is 16.5. The number of amides is 1. The van der Waals surface area contributed by atoms with Gasteiger partial charge in [-0.1, -0.05) is 6.92 Å². The molecule has 0 unspecified atom stereocenters. The average molecular weight is 290 g/mol. The molecule has 1 aromatic carbocycles. The zero-order valence-electron chi connectivity index (χ0n) is 12.5. The molecule has 0 radical (unpaired) electrons. The van der Waals surface area contributed by atoms with E-state index in [2.05, 4.69) is 17.0 Å². The van der Waals surface area contributed by atoms with Crippen molar-refractivity contribution in [3.8, 4) is 5.75 Å². The minimum absolute atomic E-state index is 0.184. The van der Waals surface area contributed by atoms with Crippen molar-refractivity contribution in [3.05, 3.63) is 23.8 Å². The lowest BCUT2D eigenvalue weighted by atomic mass is 10.1. The van der Waals surface area contributed by atoms with Crippen LogP contribution in [0.25, 0.3) is 0 Å². The van der Waals surface area contributed by atoms with Crippen LogP contribution in [0.4, 0.5) is 5.69 Å². The van der Waals surface area contributed by atoms with Crippen LogP contribution in [-0.4, -0.2) is 50.3 Å². The molecule has 2 aliphatic rings. The molecular weight excluding hydrogens is 268 g/mol. The number of nitrogens with zero attached hydrogens (tertiary/aromatic N) is 2. The molecule has 1 fully saturated rings. The molecule has 0 aliphatic carbocycles. The van der Waals surface area contributed by atoms with Crippen molar-refractivity contribution in [2.45, 2.75) is 19.9 Å². The Morgan fingerprint density at radius 1 is 1.19 bits per heavy atom. The number of hydrogen-bond donors (Lipinski definition) is 0. The van der Waals surface area contributed by atoms with E-state index in [9.17, 15) is 4.79 Å². The number of carbonyl (C=O) groups excluding carboxylic acids is 1. The third kappa shape index (κ3) is 3.13. The van der Waals surface area contributed by atoms with Crippen LogP contribution in [0.1, 0.15) is 18.9 Å². The highest BCUT2D eigenvalue weighted by Gasteiger charge is 2.20. The van der Waals surface area contributed by atoms with Crippen LogP contribution in [0.15, 0.2) is 18.2 Å². The summed E-state index contributed by atoms with van der Waals surface area (Å²) in [4.78, 5) is 16.2. The van der Waals surface area contributed by atoms with Crippen LogP contribution in [0, 0.1) is 0 Å². The van der Waals surface area contributed by atoms with E-state index in [0.717, 1.165) is 37.6 Å². The number of hydrogen-bond acceptors (Lipinski definition) is 4. The van der Waals surface area contributed by atoms with Gasteiger partial charge < -0.3 is 19.3 Å². The number of rotatable bonds is 2. The Balaban J connectivity index is 1.82. The molecule has 5 heteroatoms. The highest BCUT2D eigenvalue weighted by Crippen LogP contribution is 2.28. The molecule has 1 saturated heterocycles. The van der Waals surface area contributed by atoms with Crippen molar-refractivity contribution >= 4 is 11.6 Å². The predicted octanol–water partition coefficient (Wildman–Crippen LogP) is 1.65. The summed E-state index contributed by atoms with van der Waals surface area (Å²) in [5.41, 5.74) is 2.28. The van der Waals surface area contributed by atoms with E-state index in [1.54, 1.807) is 0 Å². The van der Waals surface area contributed by atoms with Crippen LogP contribution in [-0.2, 0) is 16.1 Å². The molecule has 0 N–H and O–H groups in total. The van der Waals surface area contributed by atoms with Crippen molar-refractivity contribution < 1.29 is 14.3 Å². The van der Waals surface area contributed by atoms with Gasteiger partial charge in [0.25, 0.3) is 0 Å². The highest BCUT2D eigenvalue weighted by molar-refractivity contribution is 5.76. The minimum atomic E-state index is 0.184. The fourth-order valence-electron chi connectivity index (χ4n) is 2.84. The van der Waals surface area contributed by atoms with E-state index >= 15 is 0 Å². The normalized spacial score (nSPS) is 18.7. The van der Waals surface area contributed by atoms with E-state index < -0.39 is 0 Å². The molecule has 1 amide bonds. The second-order valence-corrected chi connectivity index (χ2v) is 5.41. The zero-order chi connectivity index (χ0) is 14.7. The number of morpholine rings is 1. The van der Waals surface area contributed by atoms with Gasteiger partial charge in [0.2, 0.25) is 5.91 Å². The smallest absolute Gasteiger partial charge is 0.222 e. The number of ether oxygens (including phenoxy) is 2. The summed E-state index contributed by atoms with van der Waals surface area (Å²) in [6.45, 7) is 7.14. The second kappa shape index (κ2) is 6.35. The van der Waals surface area contributed by atoms with E-state index in [0.29, 0.717) is 26.1 Å². The minimum Gasteiger partial charge on any atom is -0.491 e. The van der Waals surface area contributed by atoms with E-state index in [1.807, 2.05) is 17.9 Å². The third-order valence-electron chi connectivity index (χ3n) is 4.06. The maximum Gasteiger partial charge on any atom is 0.222 e. The molecule has 0 spiro atoms. The monoisotopic (exact) mass is 290 g/mol. The van der Waals surface area contributed by atoms with Gasteiger partial charge in [-0.3, -0.25) is 4.79 Å². The quantitative estimate of drug-likeness (QED) is 0.830. The van der Waals surface area contributed by atoms with E-state index in [-0.39, 0.29) is 5.91 Å².